The number of rotatable bonds is 1. The van der Waals surface area contributed by atoms with E-state index >= 15 is 0 Å². The normalized spacial score (nSPS) is 17.6. The Balaban J connectivity index is 2.07. The molecule has 4 nitrogen and oxygen atoms in total. The van der Waals surface area contributed by atoms with Crippen LogP contribution >= 0.6 is 0 Å². The molecule has 2 aliphatic heterocycles. The van der Waals surface area contributed by atoms with Gasteiger partial charge in [-0.25, -0.2) is 0 Å². The topological polar surface area (TPSA) is 38.8 Å². The van der Waals surface area contributed by atoms with E-state index < -0.39 is 0 Å². The maximum Gasteiger partial charge on any atom is 0.231 e. The van der Waals surface area contributed by atoms with Gasteiger partial charge in [-0.2, -0.15) is 0 Å². The van der Waals surface area contributed by atoms with Crippen molar-refractivity contribution in [1.29, 1.82) is 0 Å². The van der Waals surface area contributed by atoms with Crippen LogP contribution in [0.3, 0.4) is 0 Å². The zero-order valence-electron chi connectivity index (χ0n) is 12.3. The Bertz CT molecular complexity index is 612. The lowest BCUT2D eigenvalue weighted by Gasteiger charge is -2.32. The van der Waals surface area contributed by atoms with E-state index in [1.54, 1.807) is 6.07 Å². The average Bonchev–Trinajstić information content (AvgIpc) is 2.76. The summed E-state index contributed by atoms with van der Waals surface area (Å²) in [7, 11) is 0. The number of hydrogen-bond donors (Lipinski definition) is 0. The van der Waals surface area contributed by atoms with Gasteiger partial charge in [0.2, 0.25) is 5.78 Å². The molecular formula is C16H19NO3. The standard InChI is InChI=1S/C16H19NO3/c1-9(2)15-14(18)11-5-6-13-12(16(11)20-15)7-17(8-19-13)10(3)4/h5-6,10H,7-8H2,1-4H3. The Hall–Kier alpha value is -1.81. The molecule has 0 atom stereocenters. The molecule has 0 bridgehead atoms. The number of allylic oxidation sites excluding steroid dienone is 2. The minimum absolute atomic E-state index is 0.0236. The van der Waals surface area contributed by atoms with Gasteiger partial charge in [0, 0.05) is 12.6 Å². The monoisotopic (exact) mass is 273 g/mol. The third kappa shape index (κ3) is 1.91. The summed E-state index contributed by atoms with van der Waals surface area (Å²) in [6.07, 6.45) is 0. The van der Waals surface area contributed by atoms with E-state index in [0.717, 1.165) is 23.4 Å². The lowest BCUT2D eigenvalue weighted by Crippen LogP contribution is -2.37. The van der Waals surface area contributed by atoms with E-state index in [1.165, 1.54) is 0 Å². The van der Waals surface area contributed by atoms with Crippen LogP contribution in [0, 0.1) is 0 Å². The lowest BCUT2D eigenvalue weighted by atomic mass is 10.0. The second kappa shape index (κ2) is 4.63. The van der Waals surface area contributed by atoms with Crippen LogP contribution in [0.4, 0.5) is 0 Å². The SMILES string of the molecule is CC(C)=C1Oc2c(ccc3c2CN(C(C)C)CO3)C1=O. The van der Waals surface area contributed by atoms with Crippen LogP contribution in [0.2, 0.25) is 0 Å². The fraction of sp³-hybridized carbons (Fsp3) is 0.438. The van der Waals surface area contributed by atoms with E-state index in [4.69, 9.17) is 9.47 Å². The minimum Gasteiger partial charge on any atom is -0.478 e. The number of ketones is 1. The van der Waals surface area contributed by atoms with Crippen LogP contribution in [-0.4, -0.2) is 23.5 Å². The summed E-state index contributed by atoms with van der Waals surface area (Å²) in [4.78, 5) is 14.5. The summed E-state index contributed by atoms with van der Waals surface area (Å²) in [6, 6.07) is 4.07. The van der Waals surface area contributed by atoms with Crippen molar-refractivity contribution in [2.45, 2.75) is 40.3 Å². The molecule has 20 heavy (non-hydrogen) atoms. The van der Waals surface area contributed by atoms with Gasteiger partial charge in [-0.1, -0.05) is 0 Å². The number of Topliss-reactive ketones (excluding diaryl/α,β-unsaturated/α-hetero) is 1. The van der Waals surface area contributed by atoms with Gasteiger partial charge in [-0.15, -0.1) is 0 Å². The molecule has 106 valence electrons. The van der Waals surface area contributed by atoms with E-state index in [-0.39, 0.29) is 5.78 Å². The molecule has 0 fully saturated rings. The predicted molar refractivity (Wildman–Crippen MR) is 75.9 cm³/mol. The highest BCUT2D eigenvalue weighted by atomic mass is 16.5. The van der Waals surface area contributed by atoms with Gasteiger partial charge in [0.1, 0.15) is 18.2 Å². The van der Waals surface area contributed by atoms with Crippen molar-refractivity contribution in [2.75, 3.05) is 6.73 Å². The molecular weight excluding hydrogens is 254 g/mol. The number of benzene rings is 1. The first kappa shape index (κ1) is 13.2. The largest absolute Gasteiger partial charge is 0.478 e. The summed E-state index contributed by atoms with van der Waals surface area (Å²) < 4.78 is 11.6. The highest BCUT2D eigenvalue weighted by molar-refractivity contribution is 6.13. The maximum absolute atomic E-state index is 12.3. The van der Waals surface area contributed by atoms with E-state index in [0.29, 0.717) is 29.8 Å². The van der Waals surface area contributed by atoms with Gasteiger partial charge >= 0.3 is 0 Å². The third-order valence-corrected chi connectivity index (χ3v) is 3.80. The lowest BCUT2D eigenvalue weighted by molar-refractivity contribution is 0.0674. The molecule has 0 amide bonds. The molecule has 0 saturated heterocycles. The Morgan fingerprint density at radius 3 is 2.70 bits per heavy atom. The van der Waals surface area contributed by atoms with Gasteiger partial charge in [0.25, 0.3) is 0 Å². The van der Waals surface area contributed by atoms with Gasteiger partial charge in [-0.3, -0.25) is 9.69 Å². The fourth-order valence-corrected chi connectivity index (χ4v) is 2.52. The summed E-state index contributed by atoms with van der Waals surface area (Å²) in [5.41, 5.74) is 2.53. The molecule has 2 heterocycles. The Morgan fingerprint density at radius 2 is 2.05 bits per heavy atom. The predicted octanol–water partition coefficient (Wildman–Crippen LogP) is 3.12. The molecule has 3 rings (SSSR count). The number of hydrogen-bond acceptors (Lipinski definition) is 4. The fourth-order valence-electron chi connectivity index (χ4n) is 2.52. The first-order valence-corrected chi connectivity index (χ1v) is 6.91. The Morgan fingerprint density at radius 1 is 1.30 bits per heavy atom. The zero-order chi connectivity index (χ0) is 14.4. The molecule has 0 radical (unpaired) electrons. The summed E-state index contributed by atoms with van der Waals surface area (Å²) in [5.74, 6) is 1.93. The Kier molecular flexibility index (Phi) is 3.05. The maximum atomic E-state index is 12.3. The van der Waals surface area contributed by atoms with Crippen LogP contribution < -0.4 is 9.47 Å². The molecule has 0 aliphatic carbocycles. The minimum atomic E-state index is -0.0236. The van der Waals surface area contributed by atoms with Crippen molar-refractivity contribution in [3.8, 4) is 11.5 Å². The number of ether oxygens (including phenoxy) is 2. The smallest absolute Gasteiger partial charge is 0.231 e. The van der Waals surface area contributed by atoms with Crippen molar-refractivity contribution in [3.05, 3.63) is 34.6 Å². The van der Waals surface area contributed by atoms with Gasteiger partial charge < -0.3 is 9.47 Å². The number of carbonyl (C=O) groups excluding carboxylic acids is 1. The van der Waals surface area contributed by atoms with Crippen LogP contribution in [0.25, 0.3) is 0 Å². The van der Waals surface area contributed by atoms with Gasteiger partial charge in [0.15, 0.2) is 5.76 Å². The van der Waals surface area contributed by atoms with E-state index in [1.807, 2.05) is 19.9 Å². The van der Waals surface area contributed by atoms with Gasteiger partial charge in [0.05, 0.1) is 11.1 Å². The molecule has 0 unspecified atom stereocenters. The first-order valence-electron chi connectivity index (χ1n) is 6.91. The molecule has 0 saturated carbocycles. The number of fused-ring (bicyclic) bond motifs is 3. The summed E-state index contributed by atoms with van der Waals surface area (Å²) in [5, 5.41) is 0. The van der Waals surface area contributed by atoms with Gasteiger partial charge in [-0.05, 0) is 45.4 Å². The average molecular weight is 273 g/mol. The molecule has 1 aromatic carbocycles. The zero-order valence-corrected chi connectivity index (χ0v) is 12.3. The van der Waals surface area contributed by atoms with Crippen LogP contribution in [-0.2, 0) is 6.54 Å². The molecule has 0 spiro atoms. The van der Waals surface area contributed by atoms with E-state index in [9.17, 15) is 4.79 Å². The Labute approximate surface area is 119 Å². The van der Waals surface area contributed by atoms with Crippen molar-refractivity contribution in [2.24, 2.45) is 0 Å². The first-order chi connectivity index (χ1) is 9.49. The second-order valence-corrected chi connectivity index (χ2v) is 5.79. The van der Waals surface area contributed by atoms with Crippen molar-refractivity contribution in [3.63, 3.8) is 0 Å². The van der Waals surface area contributed by atoms with Crippen LogP contribution in [0.1, 0.15) is 43.6 Å². The molecule has 0 N–H and O–H groups in total. The summed E-state index contributed by atoms with van der Waals surface area (Å²) in [6.45, 7) is 9.37. The number of carbonyl (C=O) groups is 1. The summed E-state index contributed by atoms with van der Waals surface area (Å²) >= 11 is 0. The van der Waals surface area contributed by atoms with Crippen LogP contribution in [0.15, 0.2) is 23.5 Å². The highest BCUT2D eigenvalue weighted by Crippen LogP contribution is 2.42. The highest BCUT2D eigenvalue weighted by Gasteiger charge is 2.34. The molecule has 1 aromatic rings. The quantitative estimate of drug-likeness (QED) is 0.737. The molecule has 0 aromatic heterocycles. The van der Waals surface area contributed by atoms with Crippen molar-refractivity contribution >= 4 is 5.78 Å². The van der Waals surface area contributed by atoms with Crippen LogP contribution in [0.5, 0.6) is 11.5 Å². The number of nitrogens with zero attached hydrogens (tertiary/aromatic N) is 1. The third-order valence-electron chi connectivity index (χ3n) is 3.80. The molecule has 4 heteroatoms. The molecule has 2 aliphatic rings. The van der Waals surface area contributed by atoms with Crippen molar-refractivity contribution in [1.82, 2.24) is 4.90 Å². The second-order valence-electron chi connectivity index (χ2n) is 5.79. The van der Waals surface area contributed by atoms with E-state index in [2.05, 4.69) is 18.7 Å². The van der Waals surface area contributed by atoms with Crippen molar-refractivity contribution < 1.29 is 14.3 Å².